The molecule has 0 aromatic carbocycles. The average Bonchev–Trinajstić information content (AvgIpc) is 1.69. The van der Waals surface area contributed by atoms with Gasteiger partial charge in [0, 0.05) is 16.2 Å². The van der Waals surface area contributed by atoms with Gasteiger partial charge < -0.3 is 133 Å². The zero-order valence-corrected chi connectivity index (χ0v) is 49.2. The number of aliphatic hydroxyl groups is 15. The second-order valence-electron chi connectivity index (χ2n) is 28.6. The van der Waals surface area contributed by atoms with Crippen molar-refractivity contribution in [2.75, 3.05) is 39.6 Å². The maximum atomic E-state index is 12.6. The molecular formula is C58H94O27. The number of carbonyl (C=O) groups is 1. The van der Waals surface area contributed by atoms with E-state index in [9.17, 15) is 81.4 Å². The topological polar surface area (TPSA) is 422 Å². The molecular weight excluding hydrogens is 1130 g/mol. The van der Waals surface area contributed by atoms with Crippen LogP contribution in [-0.2, 0) is 56.9 Å². The molecule has 488 valence electrons. The fourth-order valence-electron chi connectivity index (χ4n) is 18.9. The zero-order chi connectivity index (χ0) is 61.5. The van der Waals surface area contributed by atoms with E-state index >= 15 is 0 Å². The second kappa shape index (κ2) is 23.6. The van der Waals surface area contributed by atoms with Crippen molar-refractivity contribution in [3.8, 4) is 0 Å². The minimum Gasteiger partial charge on any atom is -0.394 e. The van der Waals surface area contributed by atoms with E-state index in [4.69, 9.17) is 52.1 Å². The van der Waals surface area contributed by atoms with Gasteiger partial charge in [0.05, 0.1) is 57.5 Å². The lowest BCUT2D eigenvalue weighted by Crippen LogP contribution is -2.74. The summed E-state index contributed by atoms with van der Waals surface area (Å²) in [5.74, 6) is 0.302. The van der Waals surface area contributed by atoms with Crippen molar-refractivity contribution < 1.29 is 133 Å². The van der Waals surface area contributed by atoms with Crippen LogP contribution in [0.2, 0.25) is 0 Å². The number of rotatable bonds is 14. The first kappa shape index (κ1) is 65.1. The van der Waals surface area contributed by atoms with Crippen LogP contribution in [0.4, 0.5) is 0 Å². The van der Waals surface area contributed by atoms with E-state index in [0.29, 0.717) is 32.3 Å². The van der Waals surface area contributed by atoms with Gasteiger partial charge in [0.15, 0.2) is 31.5 Å². The third kappa shape index (κ3) is 10.2. The van der Waals surface area contributed by atoms with Gasteiger partial charge in [0.25, 0.3) is 0 Å². The highest BCUT2D eigenvalue weighted by molar-refractivity contribution is 5.59. The van der Waals surface area contributed by atoms with E-state index in [1.54, 1.807) is 0 Å². The first-order valence-electron chi connectivity index (χ1n) is 30.6. The monoisotopic (exact) mass is 1220 g/mol. The molecule has 2 bridgehead atoms. The second-order valence-corrected chi connectivity index (χ2v) is 28.6. The first-order chi connectivity index (χ1) is 40.0. The Hall–Kier alpha value is -1.37. The summed E-state index contributed by atoms with van der Waals surface area (Å²) in [5, 5.41) is 164. The summed E-state index contributed by atoms with van der Waals surface area (Å²) in [6.45, 7) is 10.4. The Bertz CT molecular complexity index is 2340. The van der Waals surface area contributed by atoms with E-state index < -0.39 is 208 Å². The maximum Gasteiger partial charge on any atom is 0.187 e. The summed E-state index contributed by atoms with van der Waals surface area (Å²) in [4.78, 5) is 12.6. The van der Waals surface area contributed by atoms with E-state index in [2.05, 4.69) is 34.6 Å². The van der Waals surface area contributed by atoms with Crippen LogP contribution in [-0.4, -0.2) is 282 Å². The van der Waals surface area contributed by atoms with Gasteiger partial charge in [-0.1, -0.05) is 41.5 Å². The van der Waals surface area contributed by atoms with Crippen LogP contribution in [0.3, 0.4) is 0 Å². The summed E-state index contributed by atoms with van der Waals surface area (Å²) < 4.78 is 67.9. The van der Waals surface area contributed by atoms with Crippen molar-refractivity contribution in [2.24, 2.45) is 50.2 Å². The number of aldehydes is 1. The Balaban J connectivity index is 0.856. The van der Waals surface area contributed by atoms with Gasteiger partial charge in [0.1, 0.15) is 116 Å². The quantitative estimate of drug-likeness (QED) is 0.0581. The summed E-state index contributed by atoms with van der Waals surface area (Å²) >= 11 is 0. The molecule has 5 saturated carbocycles. The molecule has 11 fully saturated rings. The third-order valence-electron chi connectivity index (χ3n) is 24.1. The van der Waals surface area contributed by atoms with E-state index in [1.165, 1.54) is 0 Å². The molecule has 11 aliphatic rings. The Morgan fingerprint density at radius 3 is 1.72 bits per heavy atom. The molecule has 0 unspecified atom stereocenters. The van der Waals surface area contributed by atoms with Crippen LogP contribution in [0.5, 0.6) is 0 Å². The zero-order valence-electron chi connectivity index (χ0n) is 49.2. The fraction of sp³-hybridized carbons (Fsp3) is 0.983. The number of hydrogen-bond donors (Lipinski definition) is 15. The van der Waals surface area contributed by atoms with Crippen LogP contribution < -0.4 is 0 Å². The Morgan fingerprint density at radius 1 is 0.482 bits per heavy atom. The minimum atomic E-state index is -2.08. The molecule has 34 atom stereocenters. The van der Waals surface area contributed by atoms with Crippen molar-refractivity contribution in [3.05, 3.63) is 0 Å². The molecule has 27 heteroatoms. The lowest BCUT2D eigenvalue weighted by Gasteiger charge is -2.75. The van der Waals surface area contributed by atoms with Crippen molar-refractivity contribution in [2.45, 2.75) is 265 Å². The van der Waals surface area contributed by atoms with Crippen molar-refractivity contribution in [1.82, 2.24) is 0 Å². The highest BCUT2D eigenvalue weighted by atomic mass is 16.8. The molecule has 6 heterocycles. The summed E-state index contributed by atoms with van der Waals surface area (Å²) in [5.41, 5.74) is -2.91. The molecule has 15 N–H and O–H groups in total. The number of aliphatic hydroxyl groups excluding tert-OH is 15. The molecule has 0 radical (unpaired) electrons. The number of hydrogen-bond acceptors (Lipinski definition) is 27. The number of fused-ring (bicyclic) bond motifs is 4. The third-order valence-corrected chi connectivity index (χ3v) is 24.1. The van der Waals surface area contributed by atoms with Crippen LogP contribution in [0, 0.1) is 50.2 Å². The standard InChI is InChI=1S/C58H94O27/c1-52(2)29-7-11-55(5)30(8-12-58-31-15-53(3,22-62)13-14-57(31,23-77-58)32(64)16-56(55,58)6)54(29,4)10-9-33(52)82-50-45(85-49-43(74)40(71)44(27(19-61)80-49)83-48-42(73)38(69)35(66)25(17-59)78-48)37(68)28(21-76-50)81-51-46(39(70)36(67)26(18-60)79-51)84-47-41(72)34(65)24(63)20-75-47/h22,24-51,59-61,63-74H,7-21,23H2,1-6H3/t24-,25-,26-,27-,28+,29-,30+,31+,32-,33+,34+,35-,36-,37+,38+,39+,40-,41-,42-,43-,44-,45-,46-,47+,48+,49+,50+,51+,53+,54+,55-,56+,57-,58+/m1/s1. The Kier molecular flexibility index (Phi) is 18.1. The number of carbonyl (C=O) groups excluding carboxylic acids is 1. The molecule has 6 saturated heterocycles. The molecule has 27 nitrogen and oxygen atoms in total. The van der Waals surface area contributed by atoms with Gasteiger partial charge in [0.2, 0.25) is 0 Å². The molecule has 0 amide bonds. The number of ether oxygens (including phenoxy) is 11. The molecule has 1 spiro atoms. The SMILES string of the molecule is CC1(C)[C@@H](O[C@@H]2OC[C@H](O[C@@H]3O[C@H](CO)[C@@H](O)[C@H](O)[C@H]3O[C@@H]3OC[C@@H](O)[C@H](O)[C@H]3O)[C@H](O)[C@H]2O[C@@H]2O[C@H](CO)[C@@H](O[C@@H]3O[C@H](CO)[C@@H](O)[C@H](O)[C@H]3O)[C@H](O)[C@H]2O)CC[C@@]2(C)[C@@H]1CC[C@]1(C)[C@H]2CC[C@]23OC[C@@]4(CC[C@](C)(C=O)C[C@@H]42)[C@H](O)C[C@]31C. The molecule has 85 heavy (non-hydrogen) atoms. The highest BCUT2D eigenvalue weighted by Gasteiger charge is 2.80. The van der Waals surface area contributed by atoms with Gasteiger partial charge in [-0.2, -0.15) is 0 Å². The summed E-state index contributed by atoms with van der Waals surface area (Å²) in [6, 6.07) is 0. The van der Waals surface area contributed by atoms with Gasteiger partial charge in [-0.05, 0) is 98.2 Å². The van der Waals surface area contributed by atoms with Crippen molar-refractivity contribution in [3.63, 3.8) is 0 Å². The smallest absolute Gasteiger partial charge is 0.187 e. The van der Waals surface area contributed by atoms with Gasteiger partial charge in [-0.15, -0.1) is 0 Å². The predicted molar refractivity (Wildman–Crippen MR) is 283 cm³/mol. The van der Waals surface area contributed by atoms with E-state index in [-0.39, 0.29) is 34.0 Å². The minimum absolute atomic E-state index is 0.0368. The van der Waals surface area contributed by atoms with Crippen molar-refractivity contribution >= 4 is 6.29 Å². The highest BCUT2D eigenvalue weighted by Crippen LogP contribution is 2.80. The largest absolute Gasteiger partial charge is 0.394 e. The summed E-state index contributed by atoms with van der Waals surface area (Å²) in [7, 11) is 0. The molecule has 5 aliphatic carbocycles. The van der Waals surface area contributed by atoms with Crippen LogP contribution in [0.15, 0.2) is 0 Å². The predicted octanol–water partition coefficient (Wildman–Crippen LogP) is -4.07. The Morgan fingerprint density at radius 2 is 1.05 bits per heavy atom. The van der Waals surface area contributed by atoms with E-state index in [1.807, 2.05) is 6.92 Å². The average molecular weight is 1220 g/mol. The molecule has 6 aliphatic heterocycles. The molecule has 0 aromatic heterocycles. The maximum absolute atomic E-state index is 12.6. The van der Waals surface area contributed by atoms with Gasteiger partial charge >= 0.3 is 0 Å². The van der Waals surface area contributed by atoms with Crippen LogP contribution in [0.1, 0.15) is 106 Å². The lowest BCUT2D eigenvalue weighted by molar-refractivity contribution is -0.398. The van der Waals surface area contributed by atoms with E-state index in [0.717, 1.165) is 44.8 Å². The van der Waals surface area contributed by atoms with Crippen molar-refractivity contribution in [1.29, 1.82) is 0 Å². The van der Waals surface area contributed by atoms with Crippen LogP contribution in [0.25, 0.3) is 0 Å². The lowest BCUT2D eigenvalue weighted by atomic mass is 9.30. The van der Waals surface area contributed by atoms with Gasteiger partial charge in [-0.25, -0.2) is 0 Å². The molecule has 0 aromatic rings. The summed E-state index contributed by atoms with van der Waals surface area (Å²) in [6.07, 6.45) is -33.1. The van der Waals surface area contributed by atoms with Crippen LogP contribution >= 0.6 is 0 Å². The normalized spacial score (nSPS) is 57.6. The fourth-order valence-corrected chi connectivity index (χ4v) is 18.9. The Labute approximate surface area is 493 Å². The van der Waals surface area contributed by atoms with Gasteiger partial charge in [-0.3, -0.25) is 0 Å². The molecule has 11 rings (SSSR count). The first-order valence-corrected chi connectivity index (χ1v) is 30.6.